The molecule has 132 valence electrons. The molecule has 1 N–H and O–H groups in total. The molecule has 2 aliphatic heterocycles. The molecule has 1 fully saturated rings. The second-order valence-electron chi connectivity index (χ2n) is 7.03. The molecule has 1 saturated heterocycles. The van der Waals surface area contributed by atoms with Crippen LogP contribution in [0, 0.1) is 19.8 Å². The first-order valence-corrected chi connectivity index (χ1v) is 9.79. The van der Waals surface area contributed by atoms with Crippen molar-refractivity contribution in [3.05, 3.63) is 57.1 Å². The summed E-state index contributed by atoms with van der Waals surface area (Å²) in [5, 5.41) is 3.83. The summed E-state index contributed by atoms with van der Waals surface area (Å²) < 4.78 is 13.2. The van der Waals surface area contributed by atoms with Crippen molar-refractivity contribution in [3.8, 4) is 5.75 Å². The third-order valence-corrected chi connectivity index (χ3v) is 5.78. The Kier molecular flexibility index (Phi) is 4.50. The number of benzene rings is 2. The Morgan fingerprint density at radius 2 is 2.04 bits per heavy atom. The molecule has 25 heavy (non-hydrogen) atoms. The average molecular weight is 402 g/mol. The van der Waals surface area contributed by atoms with E-state index >= 15 is 0 Å². The molecule has 0 radical (unpaired) electrons. The van der Waals surface area contributed by atoms with Crippen molar-refractivity contribution in [1.29, 1.82) is 0 Å². The molecule has 2 aliphatic rings. The van der Waals surface area contributed by atoms with Crippen molar-refractivity contribution < 1.29 is 9.47 Å². The monoisotopic (exact) mass is 401 g/mol. The van der Waals surface area contributed by atoms with E-state index < -0.39 is 0 Å². The van der Waals surface area contributed by atoms with Gasteiger partial charge in [0, 0.05) is 33.8 Å². The minimum Gasteiger partial charge on any atom is -0.494 e. The first-order chi connectivity index (χ1) is 12.1. The fourth-order valence-electron chi connectivity index (χ4n) is 4.31. The van der Waals surface area contributed by atoms with Gasteiger partial charge in [-0.3, -0.25) is 0 Å². The molecule has 2 aromatic rings. The van der Waals surface area contributed by atoms with Gasteiger partial charge in [-0.15, -0.1) is 0 Å². The maximum absolute atomic E-state index is 6.18. The van der Waals surface area contributed by atoms with Gasteiger partial charge in [-0.05, 0) is 51.0 Å². The van der Waals surface area contributed by atoms with Crippen molar-refractivity contribution in [2.24, 2.45) is 5.92 Å². The number of hydrogen-bond acceptors (Lipinski definition) is 3. The lowest BCUT2D eigenvalue weighted by atomic mass is 9.79. The number of rotatable bonds is 3. The Morgan fingerprint density at radius 1 is 1.20 bits per heavy atom. The van der Waals surface area contributed by atoms with Crippen molar-refractivity contribution in [3.63, 3.8) is 0 Å². The molecule has 0 amide bonds. The van der Waals surface area contributed by atoms with Crippen LogP contribution in [0.25, 0.3) is 0 Å². The first-order valence-electron chi connectivity index (χ1n) is 9.00. The molecule has 4 rings (SSSR count). The van der Waals surface area contributed by atoms with E-state index in [2.05, 4.69) is 59.4 Å². The van der Waals surface area contributed by atoms with Gasteiger partial charge in [0.15, 0.2) is 0 Å². The maximum Gasteiger partial charge on any atom is 0.124 e. The molecule has 0 aliphatic carbocycles. The van der Waals surface area contributed by atoms with E-state index in [-0.39, 0.29) is 12.1 Å². The molecule has 0 unspecified atom stereocenters. The quantitative estimate of drug-likeness (QED) is 0.714. The highest BCUT2D eigenvalue weighted by Crippen LogP contribution is 2.52. The van der Waals surface area contributed by atoms with Crippen LogP contribution in [-0.4, -0.2) is 13.2 Å². The van der Waals surface area contributed by atoms with Crippen LogP contribution in [0.4, 0.5) is 5.69 Å². The molecule has 0 aromatic heterocycles. The Morgan fingerprint density at radius 3 is 2.84 bits per heavy atom. The summed E-state index contributed by atoms with van der Waals surface area (Å²) in [5.41, 5.74) is 6.32. The number of nitrogens with one attached hydrogen (secondary N) is 1. The standard InChI is InChI=1S/C21H24BrNO2/c1-4-24-18-6-5-14(22)11-16(18)20-15-7-8-25-21(15)17-10-12(2)9-13(3)19(17)23-20/h5-6,9-11,15,20-21,23H,4,7-8H2,1-3H3/t15-,20-,21-/m0/s1. The van der Waals surface area contributed by atoms with E-state index in [0.717, 1.165) is 23.2 Å². The molecule has 2 aromatic carbocycles. The van der Waals surface area contributed by atoms with Gasteiger partial charge in [-0.1, -0.05) is 33.6 Å². The molecule has 0 bridgehead atoms. The van der Waals surface area contributed by atoms with Crippen LogP contribution in [-0.2, 0) is 4.74 Å². The lowest BCUT2D eigenvalue weighted by Crippen LogP contribution is -2.30. The number of ether oxygens (including phenoxy) is 2. The number of hydrogen-bond donors (Lipinski definition) is 1. The lowest BCUT2D eigenvalue weighted by Gasteiger charge is -2.38. The van der Waals surface area contributed by atoms with Crippen molar-refractivity contribution >= 4 is 21.6 Å². The molecule has 0 saturated carbocycles. The summed E-state index contributed by atoms with van der Waals surface area (Å²) in [6.45, 7) is 7.85. The van der Waals surface area contributed by atoms with E-state index in [4.69, 9.17) is 9.47 Å². The summed E-state index contributed by atoms with van der Waals surface area (Å²) >= 11 is 3.63. The summed E-state index contributed by atoms with van der Waals surface area (Å²) in [5.74, 6) is 1.38. The molecular weight excluding hydrogens is 378 g/mol. The molecule has 0 spiro atoms. The van der Waals surface area contributed by atoms with Crippen LogP contribution in [0.1, 0.15) is 47.7 Å². The second kappa shape index (κ2) is 6.65. The van der Waals surface area contributed by atoms with Gasteiger partial charge in [-0.25, -0.2) is 0 Å². The fraction of sp³-hybridized carbons (Fsp3) is 0.429. The van der Waals surface area contributed by atoms with Gasteiger partial charge >= 0.3 is 0 Å². The summed E-state index contributed by atoms with van der Waals surface area (Å²) in [6, 6.07) is 11.0. The zero-order valence-corrected chi connectivity index (χ0v) is 16.5. The van der Waals surface area contributed by atoms with Crippen LogP contribution in [0.15, 0.2) is 34.8 Å². The van der Waals surface area contributed by atoms with Gasteiger partial charge in [0.05, 0.1) is 18.8 Å². The zero-order valence-electron chi connectivity index (χ0n) is 14.9. The van der Waals surface area contributed by atoms with E-state index in [1.807, 2.05) is 13.0 Å². The predicted molar refractivity (Wildman–Crippen MR) is 104 cm³/mol. The normalized spacial score (nSPS) is 24.4. The fourth-order valence-corrected chi connectivity index (χ4v) is 4.69. The number of anilines is 1. The Balaban J connectivity index is 1.83. The summed E-state index contributed by atoms with van der Waals surface area (Å²) in [7, 11) is 0. The summed E-state index contributed by atoms with van der Waals surface area (Å²) in [4.78, 5) is 0. The topological polar surface area (TPSA) is 30.5 Å². The highest BCUT2D eigenvalue weighted by Gasteiger charge is 2.42. The van der Waals surface area contributed by atoms with Crippen LogP contribution in [0.2, 0.25) is 0 Å². The van der Waals surface area contributed by atoms with Gasteiger partial charge in [0.1, 0.15) is 5.75 Å². The van der Waals surface area contributed by atoms with Crippen molar-refractivity contribution in [2.75, 3.05) is 18.5 Å². The minimum atomic E-state index is 0.160. The second-order valence-corrected chi connectivity index (χ2v) is 7.94. The SMILES string of the molecule is CCOc1ccc(Br)cc1[C@H]1Nc2c(C)cc(C)cc2[C@H]2OCC[C@@H]12. The molecule has 4 heteroatoms. The van der Waals surface area contributed by atoms with Crippen LogP contribution < -0.4 is 10.1 Å². The van der Waals surface area contributed by atoms with Crippen molar-refractivity contribution in [1.82, 2.24) is 0 Å². The van der Waals surface area contributed by atoms with E-state index in [0.29, 0.717) is 12.5 Å². The Hall–Kier alpha value is -1.52. The Bertz CT molecular complexity index is 805. The largest absolute Gasteiger partial charge is 0.494 e. The maximum atomic E-state index is 6.18. The number of halogens is 1. The first kappa shape index (κ1) is 16.9. The van der Waals surface area contributed by atoms with E-state index in [1.165, 1.54) is 27.9 Å². The van der Waals surface area contributed by atoms with Gasteiger partial charge in [0.25, 0.3) is 0 Å². The van der Waals surface area contributed by atoms with Crippen LogP contribution in [0.3, 0.4) is 0 Å². The van der Waals surface area contributed by atoms with E-state index in [1.54, 1.807) is 0 Å². The molecule has 2 heterocycles. The molecular formula is C21H24BrNO2. The average Bonchev–Trinajstić information content (AvgIpc) is 3.06. The van der Waals surface area contributed by atoms with Crippen LogP contribution in [0.5, 0.6) is 5.75 Å². The van der Waals surface area contributed by atoms with Gasteiger partial charge < -0.3 is 14.8 Å². The highest BCUT2D eigenvalue weighted by atomic mass is 79.9. The number of aryl methyl sites for hydroxylation is 2. The highest BCUT2D eigenvalue weighted by molar-refractivity contribution is 9.10. The van der Waals surface area contributed by atoms with Gasteiger partial charge in [0.2, 0.25) is 0 Å². The minimum absolute atomic E-state index is 0.160. The summed E-state index contributed by atoms with van der Waals surface area (Å²) in [6.07, 6.45) is 1.22. The molecule has 3 atom stereocenters. The number of fused-ring (bicyclic) bond motifs is 3. The lowest BCUT2D eigenvalue weighted by molar-refractivity contribution is 0.0825. The third-order valence-electron chi connectivity index (χ3n) is 5.29. The molecule has 3 nitrogen and oxygen atoms in total. The van der Waals surface area contributed by atoms with E-state index in [9.17, 15) is 0 Å². The van der Waals surface area contributed by atoms with Crippen molar-refractivity contribution in [2.45, 2.75) is 39.3 Å². The smallest absolute Gasteiger partial charge is 0.124 e. The Labute approximate surface area is 157 Å². The van der Waals surface area contributed by atoms with Crippen LogP contribution >= 0.6 is 15.9 Å². The predicted octanol–water partition coefficient (Wildman–Crippen LogP) is 5.71. The third kappa shape index (κ3) is 2.96. The zero-order chi connectivity index (χ0) is 17.6. The van der Waals surface area contributed by atoms with Gasteiger partial charge in [-0.2, -0.15) is 0 Å².